The molecule has 1 atom stereocenters. The van der Waals surface area contributed by atoms with Gasteiger partial charge in [-0.15, -0.1) is 0 Å². The maximum absolute atomic E-state index is 11.6. The lowest BCUT2D eigenvalue weighted by Gasteiger charge is -2.23. The Morgan fingerprint density at radius 2 is 2.15 bits per heavy atom. The van der Waals surface area contributed by atoms with E-state index in [0.29, 0.717) is 23.5 Å². The molecule has 0 bridgehead atoms. The van der Waals surface area contributed by atoms with Crippen molar-refractivity contribution in [2.45, 2.75) is 39.1 Å². The van der Waals surface area contributed by atoms with Crippen LogP contribution in [0.2, 0.25) is 0 Å². The van der Waals surface area contributed by atoms with Crippen LogP contribution in [-0.2, 0) is 16.1 Å². The number of pyridine rings is 1. The number of aromatic nitrogens is 1. The number of rotatable bonds is 6. The number of nitrogens with zero attached hydrogens (tertiary/aromatic N) is 1. The number of ether oxygens (including phenoxy) is 3. The van der Waals surface area contributed by atoms with E-state index in [1.165, 1.54) is 6.20 Å². The highest BCUT2D eigenvalue weighted by Gasteiger charge is 2.18. The van der Waals surface area contributed by atoms with Gasteiger partial charge in [0.25, 0.3) is 0 Å². The van der Waals surface area contributed by atoms with Crippen molar-refractivity contribution in [3.63, 3.8) is 0 Å². The van der Waals surface area contributed by atoms with E-state index < -0.39 is 5.97 Å². The molecule has 1 aromatic heterocycles. The standard InChI is InChI=1S/C20H23NO5/c1-13-9-15(17(11-21-13)20(22)23)16-10-14(6-7-18(16)24-2)12-26-19-5-3-4-8-25-19/h6-7,9-11,19H,3-5,8,12H2,1-2H3,(H,22,23). The van der Waals surface area contributed by atoms with Crippen LogP contribution in [0.25, 0.3) is 11.1 Å². The molecule has 2 heterocycles. The Morgan fingerprint density at radius 1 is 1.31 bits per heavy atom. The van der Waals surface area contributed by atoms with E-state index in [0.717, 1.165) is 37.1 Å². The zero-order chi connectivity index (χ0) is 18.5. The topological polar surface area (TPSA) is 77.9 Å². The predicted octanol–water partition coefficient (Wildman–Crippen LogP) is 3.81. The Labute approximate surface area is 152 Å². The van der Waals surface area contributed by atoms with Crippen molar-refractivity contribution >= 4 is 5.97 Å². The van der Waals surface area contributed by atoms with Gasteiger partial charge in [-0.25, -0.2) is 4.79 Å². The van der Waals surface area contributed by atoms with E-state index >= 15 is 0 Å². The Bertz CT molecular complexity index is 784. The summed E-state index contributed by atoms with van der Waals surface area (Å²) in [6.07, 6.45) is 4.29. The van der Waals surface area contributed by atoms with E-state index in [9.17, 15) is 9.90 Å². The Balaban J connectivity index is 1.91. The predicted molar refractivity (Wildman–Crippen MR) is 96.3 cm³/mol. The molecule has 2 aromatic rings. The van der Waals surface area contributed by atoms with Crippen LogP contribution in [0, 0.1) is 6.92 Å². The van der Waals surface area contributed by atoms with E-state index in [2.05, 4.69) is 4.98 Å². The average Bonchev–Trinajstić information content (AvgIpc) is 2.66. The Hall–Kier alpha value is -2.44. The fraction of sp³-hybridized carbons (Fsp3) is 0.400. The van der Waals surface area contributed by atoms with Crippen LogP contribution >= 0.6 is 0 Å². The number of carboxylic acids is 1. The van der Waals surface area contributed by atoms with Gasteiger partial charge in [0, 0.05) is 29.6 Å². The molecule has 0 radical (unpaired) electrons. The van der Waals surface area contributed by atoms with E-state index in [1.807, 2.05) is 25.1 Å². The molecule has 26 heavy (non-hydrogen) atoms. The number of aromatic carboxylic acids is 1. The zero-order valence-electron chi connectivity index (χ0n) is 15.0. The average molecular weight is 357 g/mol. The summed E-state index contributed by atoms with van der Waals surface area (Å²) < 4.78 is 16.9. The Kier molecular flexibility index (Phi) is 5.85. The molecule has 1 aliphatic heterocycles. The first-order chi connectivity index (χ1) is 12.6. The summed E-state index contributed by atoms with van der Waals surface area (Å²) in [6.45, 7) is 2.96. The third-order valence-corrected chi connectivity index (χ3v) is 4.40. The molecule has 1 N–H and O–H groups in total. The van der Waals surface area contributed by atoms with Crippen LogP contribution in [-0.4, -0.2) is 36.1 Å². The molecule has 1 unspecified atom stereocenters. The van der Waals surface area contributed by atoms with Gasteiger partial charge in [-0.3, -0.25) is 4.98 Å². The number of carboxylic acid groups (broad SMARTS) is 1. The maximum Gasteiger partial charge on any atom is 0.337 e. The minimum absolute atomic E-state index is 0.141. The summed E-state index contributed by atoms with van der Waals surface area (Å²) in [7, 11) is 1.57. The van der Waals surface area contributed by atoms with Crippen molar-refractivity contribution < 1.29 is 24.1 Å². The third kappa shape index (κ3) is 4.20. The lowest BCUT2D eigenvalue weighted by molar-refractivity contribution is -0.168. The van der Waals surface area contributed by atoms with Crippen molar-refractivity contribution in [2.24, 2.45) is 0 Å². The minimum Gasteiger partial charge on any atom is -0.496 e. The maximum atomic E-state index is 11.6. The van der Waals surface area contributed by atoms with Gasteiger partial charge in [-0.2, -0.15) is 0 Å². The largest absolute Gasteiger partial charge is 0.496 e. The summed E-state index contributed by atoms with van der Waals surface area (Å²) in [5.41, 5.74) is 3.10. The molecule has 3 rings (SSSR count). The number of hydrogen-bond acceptors (Lipinski definition) is 5. The smallest absolute Gasteiger partial charge is 0.337 e. The highest BCUT2D eigenvalue weighted by Crippen LogP contribution is 2.34. The third-order valence-electron chi connectivity index (χ3n) is 4.40. The summed E-state index contributed by atoms with van der Waals surface area (Å²) in [6, 6.07) is 7.41. The summed E-state index contributed by atoms with van der Waals surface area (Å²) >= 11 is 0. The summed E-state index contributed by atoms with van der Waals surface area (Å²) in [5, 5.41) is 9.50. The molecule has 0 aliphatic carbocycles. The first-order valence-electron chi connectivity index (χ1n) is 8.69. The second-order valence-corrected chi connectivity index (χ2v) is 6.32. The van der Waals surface area contributed by atoms with Crippen molar-refractivity contribution in [3.8, 4) is 16.9 Å². The number of aryl methyl sites for hydroxylation is 1. The van der Waals surface area contributed by atoms with Gasteiger partial charge in [0.15, 0.2) is 6.29 Å². The van der Waals surface area contributed by atoms with E-state index in [1.54, 1.807) is 13.2 Å². The van der Waals surface area contributed by atoms with Crippen LogP contribution in [0.4, 0.5) is 0 Å². The van der Waals surface area contributed by atoms with E-state index in [4.69, 9.17) is 14.2 Å². The fourth-order valence-corrected chi connectivity index (χ4v) is 3.04. The van der Waals surface area contributed by atoms with Crippen molar-refractivity contribution in [1.29, 1.82) is 0 Å². The summed E-state index contributed by atoms with van der Waals surface area (Å²) in [5.74, 6) is -0.414. The lowest BCUT2D eigenvalue weighted by atomic mass is 9.98. The zero-order valence-corrected chi connectivity index (χ0v) is 15.0. The number of methoxy groups -OCH3 is 1. The van der Waals surface area contributed by atoms with Crippen LogP contribution < -0.4 is 4.74 Å². The number of hydrogen-bond donors (Lipinski definition) is 1. The van der Waals surface area contributed by atoms with Crippen molar-refractivity contribution in [3.05, 3.63) is 47.3 Å². The monoisotopic (exact) mass is 357 g/mol. The molecule has 0 spiro atoms. The van der Waals surface area contributed by atoms with Crippen LogP contribution in [0.5, 0.6) is 5.75 Å². The second kappa shape index (κ2) is 8.29. The lowest BCUT2D eigenvalue weighted by Crippen LogP contribution is -2.22. The molecule has 0 saturated carbocycles. The first-order valence-corrected chi connectivity index (χ1v) is 8.69. The quantitative estimate of drug-likeness (QED) is 0.847. The van der Waals surface area contributed by atoms with Gasteiger partial charge < -0.3 is 19.3 Å². The SMILES string of the molecule is COc1ccc(COC2CCCCO2)cc1-c1cc(C)ncc1C(=O)O. The first kappa shape index (κ1) is 18.4. The van der Waals surface area contributed by atoms with Crippen LogP contribution in [0.1, 0.15) is 40.9 Å². The Morgan fingerprint density at radius 3 is 2.85 bits per heavy atom. The molecular weight excluding hydrogens is 334 g/mol. The molecule has 1 fully saturated rings. The number of benzene rings is 1. The summed E-state index contributed by atoms with van der Waals surface area (Å²) in [4.78, 5) is 15.7. The van der Waals surface area contributed by atoms with Crippen LogP contribution in [0.15, 0.2) is 30.5 Å². The molecule has 1 aromatic carbocycles. The van der Waals surface area contributed by atoms with Gasteiger partial charge in [-0.1, -0.05) is 6.07 Å². The molecule has 1 aliphatic rings. The highest BCUT2D eigenvalue weighted by atomic mass is 16.7. The van der Waals surface area contributed by atoms with Gasteiger partial charge in [-0.05, 0) is 49.9 Å². The van der Waals surface area contributed by atoms with Gasteiger partial charge in [0.05, 0.1) is 19.3 Å². The van der Waals surface area contributed by atoms with Crippen molar-refractivity contribution in [1.82, 2.24) is 4.98 Å². The molecule has 1 saturated heterocycles. The fourth-order valence-electron chi connectivity index (χ4n) is 3.04. The highest BCUT2D eigenvalue weighted by molar-refractivity contribution is 5.96. The minimum atomic E-state index is -1.02. The molecule has 138 valence electrons. The van der Waals surface area contributed by atoms with E-state index in [-0.39, 0.29) is 11.9 Å². The van der Waals surface area contributed by atoms with Gasteiger partial charge in [0.2, 0.25) is 0 Å². The molecule has 6 nitrogen and oxygen atoms in total. The number of carbonyl (C=O) groups is 1. The van der Waals surface area contributed by atoms with Crippen molar-refractivity contribution in [2.75, 3.05) is 13.7 Å². The second-order valence-electron chi connectivity index (χ2n) is 6.32. The normalized spacial score (nSPS) is 17.1. The molecule has 0 amide bonds. The molecule has 6 heteroatoms. The van der Waals surface area contributed by atoms with Gasteiger partial charge >= 0.3 is 5.97 Å². The van der Waals surface area contributed by atoms with Crippen LogP contribution in [0.3, 0.4) is 0 Å². The molecular formula is C20H23NO5. The van der Waals surface area contributed by atoms with Gasteiger partial charge in [0.1, 0.15) is 5.75 Å².